The number of likely N-dealkylation sites (tertiary alicyclic amines) is 1. The lowest BCUT2D eigenvalue weighted by Crippen LogP contribution is -2.41. The fraction of sp³-hybridized carbons (Fsp3) is 0.407. The van der Waals surface area contributed by atoms with Crippen molar-refractivity contribution in [1.29, 1.82) is 0 Å². The maximum Gasteiger partial charge on any atom is 0.303 e. The van der Waals surface area contributed by atoms with E-state index in [0.29, 0.717) is 25.2 Å². The van der Waals surface area contributed by atoms with Crippen molar-refractivity contribution in [3.63, 3.8) is 0 Å². The van der Waals surface area contributed by atoms with Crippen LogP contribution >= 0.6 is 0 Å². The van der Waals surface area contributed by atoms with Gasteiger partial charge in [0.1, 0.15) is 11.4 Å². The van der Waals surface area contributed by atoms with E-state index in [4.69, 9.17) is 4.74 Å². The van der Waals surface area contributed by atoms with Crippen LogP contribution in [0.15, 0.2) is 49.1 Å². The van der Waals surface area contributed by atoms with E-state index < -0.39 is 12.1 Å². The van der Waals surface area contributed by atoms with Crippen molar-refractivity contribution >= 4 is 16.9 Å². The number of benzene rings is 1. The predicted molar refractivity (Wildman–Crippen MR) is 132 cm³/mol. The maximum atomic E-state index is 11.6. The number of fused-ring (bicyclic) bond motifs is 1. The highest BCUT2D eigenvalue weighted by Gasteiger charge is 2.31. The molecule has 3 atom stereocenters. The molecule has 0 spiro atoms. The van der Waals surface area contributed by atoms with Crippen LogP contribution in [0.2, 0.25) is 0 Å². The first-order chi connectivity index (χ1) is 17.0. The molecule has 0 saturated carbocycles. The number of aliphatic hydroxyl groups is 1. The Morgan fingerprint density at radius 3 is 2.89 bits per heavy atom. The van der Waals surface area contributed by atoms with E-state index in [2.05, 4.69) is 31.7 Å². The van der Waals surface area contributed by atoms with E-state index >= 15 is 0 Å². The lowest BCUT2D eigenvalue weighted by atomic mass is 9.79. The molecule has 182 valence electrons. The number of methoxy groups -OCH3 is 1. The minimum absolute atomic E-state index is 0.0149. The monoisotopic (exact) mass is 474 g/mol. The third-order valence-corrected chi connectivity index (χ3v) is 6.65. The summed E-state index contributed by atoms with van der Waals surface area (Å²) >= 11 is 0. The molecule has 1 fully saturated rings. The average molecular weight is 475 g/mol. The molecule has 0 radical (unpaired) electrons. The van der Waals surface area contributed by atoms with Gasteiger partial charge in [-0.15, -0.1) is 0 Å². The van der Waals surface area contributed by atoms with E-state index in [0.717, 1.165) is 41.6 Å². The van der Waals surface area contributed by atoms with Gasteiger partial charge in [-0.25, -0.2) is 4.98 Å². The Morgan fingerprint density at radius 2 is 2.11 bits per heavy atom. The summed E-state index contributed by atoms with van der Waals surface area (Å²) in [4.78, 5) is 26.3. The Labute approximate surface area is 205 Å². The van der Waals surface area contributed by atoms with Crippen LogP contribution in [-0.2, 0) is 4.79 Å². The molecule has 1 aliphatic rings. The fourth-order valence-corrected chi connectivity index (χ4v) is 4.83. The predicted octanol–water partition coefficient (Wildman–Crippen LogP) is 3.31. The maximum absolute atomic E-state index is 11.6. The molecule has 1 aromatic carbocycles. The number of ether oxygens (including phenoxy) is 1. The Bertz CT molecular complexity index is 1210. The third kappa shape index (κ3) is 6.53. The van der Waals surface area contributed by atoms with Crippen LogP contribution in [0.25, 0.3) is 10.9 Å². The molecular weight excluding hydrogens is 444 g/mol. The zero-order chi connectivity index (χ0) is 24.6. The number of aromatic nitrogens is 3. The summed E-state index contributed by atoms with van der Waals surface area (Å²) in [5.74, 6) is 6.31. The fourth-order valence-electron chi connectivity index (χ4n) is 4.83. The Morgan fingerprint density at radius 1 is 1.23 bits per heavy atom. The smallest absolute Gasteiger partial charge is 0.303 e. The highest BCUT2D eigenvalue weighted by atomic mass is 16.5. The van der Waals surface area contributed by atoms with Crippen LogP contribution in [0.3, 0.4) is 0 Å². The number of pyridine rings is 1. The van der Waals surface area contributed by atoms with Gasteiger partial charge in [0.05, 0.1) is 31.5 Å². The zero-order valence-electron chi connectivity index (χ0n) is 19.8. The molecule has 1 unspecified atom stereocenters. The van der Waals surface area contributed by atoms with Crippen LogP contribution < -0.4 is 4.74 Å². The summed E-state index contributed by atoms with van der Waals surface area (Å²) in [6.45, 7) is 2.09. The topological polar surface area (TPSA) is 109 Å². The molecule has 3 aromatic rings. The van der Waals surface area contributed by atoms with Crippen LogP contribution in [0.4, 0.5) is 0 Å². The molecule has 35 heavy (non-hydrogen) atoms. The van der Waals surface area contributed by atoms with Crippen LogP contribution in [0.5, 0.6) is 5.75 Å². The van der Waals surface area contributed by atoms with Gasteiger partial charge in [0.25, 0.3) is 0 Å². The number of carboxylic acids is 1. The first kappa shape index (κ1) is 24.6. The lowest BCUT2D eigenvalue weighted by molar-refractivity contribution is -0.139. The second kappa shape index (κ2) is 11.7. The molecule has 3 heterocycles. The van der Waals surface area contributed by atoms with E-state index in [9.17, 15) is 15.0 Å². The van der Waals surface area contributed by atoms with Gasteiger partial charge in [0.15, 0.2) is 0 Å². The largest absolute Gasteiger partial charge is 0.497 e. The Hall–Kier alpha value is -3.54. The van der Waals surface area contributed by atoms with Gasteiger partial charge in [-0.3, -0.25) is 19.7 Å². The molecule has 8 heteroatoms. The van der Waals surface area contributed by atoms with Gasteiger partial charge < -0.3 is 14.9 Å². The normalized spacial score (nSPS) is 19.0. The minimum Gasteiger partial charge on any atom is -0.497 e. The number of hydrogen-bond donors (Lipinski definition) is 2. The summed E-state index contributed by atoms with van der Waals surface area (Å²) < 4.78 is 5.34. The van der Waals surface area contributed by atoms with E-state index in [1.165, 1.54) is 0 Å². The van der Waals surface area contributed by atoms with Crippen molar-refractivity contribution in [3.05, 3.63) is 60.3 Å². The lowest BCUT2D eigenvalue weighted by Gasteiger charge is -2.37. The van der Waals surface area contributed by atoms with Crippen molar-refractivity contribution < 1.29 is 19.7 Å². The van der Waals surface area contributed by atoms with Gasteiger partial charge in [-0.05, 0) is 73.4 Å². The zero-order valence-corrected chi connectivity index (χ0v) is 19.8. The van der Waals surface area contributed by atoms with Crippen molar-refractivity contribution in [3.8, 4) is 17.6 Å². The molecule has 0 aliphatic carbocycles. The minimum atomic E-state index is -0.791. The highest BCUT2D eigenvalue weighted by Crippen LogP contribution is 2.34. The van der Waals surface area contributed by atoms with Crippen LogP contribution in [0.1, 0.15) is 43.0 Å². The molecule has 0 bridgehead atoms. The van der Waals surface area contributed by atoms with Crippen LogP contribution in [-0.4, -0.2) is 62.8 Å². The molecule has 8 nitrogen and oxygen atoms in total. The van der Waals surface area contributed by atoms with Gasteiger partial charge in [-0.1, -0.05) is 5.92 Å². The Kier molecular flexibility index (Phi) is 8.24. The highest BCUT2D eigenvalue weighted by molar-refractivity contribution is 5.83. The van der Waals surface area contributed by atoms with Crippen molar-refractivity contribution in [2.75, 3.05) is 26.7 Å². The number of piperidine rings is 1. The average Bonchev–Trinajstić information content (AvgIpc) is 2.87. The Balaban J connectivity index is 1.39. The number of aliphatic carboxylic acids is 1. The summed E-state index contributed by atoms with van der Waals surface area (Å²) in [6, 6.07) is 7.48. The van der Waals surface area contributed by atoms with E-state index in [-0.39, 0.29) is 18.3 Å². The molecular formula is C27H30N4O4. The number of hydrogen-bond acceptors (Lipinski definition) is 7. The standard InChI is InChI=1S/C27H30N4O4/c1-35-22-5-6-25-24(16-22)23(8-10-30-25)26(32)7-4-19-9-14-31(18-20(19)15-27(33)34)13-2-3-21-17-28-11-12-29-21/h5-6,8,10-12,16-17,19-20,26,32H,4,7,9,13-15,18H2,1H3,(H,33,34)/t19-,20+,26?/m1/s1. The van der Waals surface area contributed by atoms with E-state index in [1.54, 1.807) is 31.9 Å². The molecule has 1 saturated heterocycles. The summed E-state index contributed by atoms with van der Waals surface area (Å²) in [6.07, 6.45) is 8.20. The molecule has 4 rings (SSSR count). The second-order valence-corrected chi connectivity index (χ2v) is 8.91. The number of rotatable bonds is 8. The first-order valence-corrected chi connectivity index (χ1v) is 11.8. The molecule has 2 N–H and O–H groups in total. The first-order valence-electron chi connectivity index (χ1n) is 11.8. The third-order valence-electron chi connectivity index (χ3n) is 6.65. The van der Waals surface area contributed by atoms with Crippen molar-refractivity contribution in [1.82, 2.24) is 19.9 Å². The van der Waals surface area contributed by atoms with Crippen LogP contribution in [0, 0.1) is 23.7 Å². The molecule has 1 aliphatic heterocycles. The van der Waals surface area contributed by atoms with Gasteiger partial charge in [-0.2, -0.15) is 0 Å². The van der Waals surface area contributed by atoms with Crippen molar-refractivity contribution in [2.45, 2.75) is 31.8 Å². The van der Waals surface area contributed by atoms with Gasteiger partial charge >= 0.3 is 5.97 Å². The number of carbonyl (C=O) groups is 1. The number of aliphatic hydroxyl groups excluding tert-OH is 1. The number of nitrogens with zero attached hydrogens (tertiary/aromatic N) is 4. The summed E-state index contributed by atoms with van der Waals surface area (Å²) in [7, 11) is 1.62. The summed E-state index contributed by atoms with van der Waals surface area (Å²) in [5, 5.41) is 21.4. The van der Waals surface area contributed by atoms with Crippen molar-refractivity contribution in [2.24, 2.45) is 11.8 Å². The van der Waals surface area contributed by atoms with E-state index in [1.807, 2.05) is 24.3 Å². The SMILES string of the molecule is COc1ccc2nccc(C(O)CC[C@@H]3CCN(CC#Cc4cnccn4)C[C@@H]3CC(=O)O)c2c1. The summed E-state index contributed by atoms with van der Waals surface area (Å²) in [5.41, 5.74) is 2.25. The van der Waals surface area contributed by atoms with Gasteiger partial charge in [0.2, 0.25) is 0 Å². The number of carboxylic acid groups (broad SMARTS) is 1. The molecule has 2 aromatic heterocycles. The quantitative estimate of drug-likeness (QED) is 0.479. The second-order valence-electron chi connectivity index (χ2n) is 8.91. The molecule has 0 amide bonds. The van der Waals surface area contributed by atoms with Gasteiger partial charge in [0, 0.05) is 36.9 Å².